The molecule has 0 aliphatic carbocycles. The van der Waals surface area contributed by atoms with Crippen LogP contribution in [-0.2, 0) is 0 Å². The van der Waals surface area contributed by atoms with E-state index < -0.39 is 5.60 Å². The number of hydrogen-bond donors (Lipinski definition) is 3. The fourth-order valence-corrected chi connectivity index (χ4v) is 2.95. The zero-order valence-electron chi connectivity index (χ0n) is 10.8. The van der Waals surface area contributed by atoms with E-state index in [0.717, 1.165) is 12.2 Å². The Balaban J connectivity index is 2.15. The molecule has 3 N–H and O–H groups in total. The summed E-state index contributed by atoms with van der Waals surface area (Å²) >= 11 is 1.69. The summed E-state index contributed by atoms with van der Waals surface area (Å²) in [7, 11) is 0. The molecule has 16 heavy (non-hydrogen) atoms. The minimum absolute atomic E-state index is 0.476. The molecule has 4 heteroatoms. The highest BCUT2D eigenvalue weighted by atomic mass is 32.2. The molecule has 1 aliphatic heterocycles. The maximum Gasteiger partial charge on any atom is 0.0833 e. The van der Waals surface area contributed by atoms with Gasteiger partial charge in [-0.25, -0.2) is 0 Å². The van der Waals surface area contributed by atoms with Crippen molar-refractivity contribution in [3.63, 3.8) is 0 Å². The largest absolute Gasteiger partial charge is 0.388 e. The highest BCUT2D eigenvalue weighted by Crippen LogP contribution is 2.13. The molecule has 3 nitrogen and oxygen atoms in total. The molecule has 0 amide bonds. The van der Waals surface area contributed by atoms with E-state index in [1.165, 1.54) is 19.4 Å². The summed E-state index contributed by atoms with van der Waals surface area (Å²) in [5, 5.41) is 17.0. The van der Waals surface area contributed by atoms with E-state index in [1.54, 1.807) is 11.8 Å². The molecule has 1 rings (SSSR count). The molecule has 1 heterocycles. The number of thioether (sulfide) groups is 1. The van der Waals surface area contributed by atoms with Gasteiger partial charge in [0.15, 0.2) is 0 Å². The van der Waals surface area contributed by atoms with Crippen LogP contribution < -0.4 is 10.6 Å². The van der Waals surface area contributed by atoms with Gasteiger partial charge in [-0.2, -0.15) is 11.8 Å². The molecule has 1 fully saturated rings. The topological polar surface area (TPSA) is 44.3 Å². The molecule has 0 bridgehead atoms. The second kappa shape index (κ2) is 6.84. The number of rotatable bonds is 7. The first-order valence-corrected chi connectivity index (χ1v) is 7.61. The van der Waals surface area contributed by atoms with E-state index in [4.69, 9.17) is 0 Å². The average Bonchev–Trinajstić information content (AvgIpc) is 2.68. The molecule has 0 saturated carbocycles. The van der Waals surface area contributed by atoms with Gasteiger partial charge in [0.2, 0.25) is 0 Å². The van der Waals surface area contributed by atoms with Crippen LogP contribution in [0.1, 0.15) is 33.1 Å². The van der Waals surface area contributed by atoms with E-state index >= 15 is 0 Å². The second-order valence-electron chi connectivity index (χ2n) is 5.24. The van der Waals surface area contributed by atoms with E-state index in [1.807, 2.05) is 13.2 Å². The molecular formula is C12H26N2OS. The monoisotopic (exact) mass is 246 g/mol. The second-order valence-corrected chi connectivity index (χ2v) is 6.11. The van der Waals surface area contributed by atoms with Crippen LogP contribution in [0.5, 0.6) is 0 Å². The van der Waals surface area contributed by atoms with Crippen LogP contribution in [0, 0.1) is 0 Å². The Morgan fingerprint density at radius 2 is 2.38 bits per heavy atom. The van der Waals surface area contributed by atoms with Gasteiger partial charge in [0.05, 0.1) is 5.60 Å². The van der Waals surface area contributed by atoms with Crippen molar-refractivity contribution in [3.8, 4) is 0 Å². The minimum atomic E-state index is -0.587. The average molecular weight is 246 g/mol. The van der Waals surface area contributed by atoms with Gasteiger partial charge in [0, 0.05) is 24.4 Å². The van der Waals surface area contributed by atoms with Gasteiger partial charge in [-0.1, -0.05) is 0 Å². The molecule has 0 aromatic carbocycles. The molecule has 3 atom stereocenters. The number of nitrogens with one attached hydrogen (secondary N) is 2. The summed E-state index contributed by atoms with van der Waals surface area (Å²) in [6, 6.07) is 1.15. The van der Waals surface area contributed by atoms with Crippen molar-refractivity contribution in [3.05, 3.63) is 0 Å². The summed E-state index contributed by atoms with van der Waals surface area (Å²) < 4.78 is 0. The molecule has 0 aromatic heterocycles. The van der Waals surface area contributed by atoms with Crippen molar-refractivity contribution in [1.82, 2.24) is 10.6 Å². The van der Waals surface area contributed by atoms with Crippen LogP contribution in [0.15, 0.2) is 0 Å². The van der Waals surface area contributed by atoms with Crippen molar-refractivity contribution in [2.24, 2.45) is 0 Å². The first-order valence-electron chi connectivity index (χ1n) is 6.21. The van der Waals surface area contributed by atoms with Crippen LogP contribution in [0.25, 0.3) is 0 Å². The highest BCUT2D eigenvalue weighted by molar-refractivity contribution is 7.98. The SMILES string of the molecule is CSCC(C)(O)CNC(C)CC1CCCN1. The Hall–Kier alpha value is 0.230. The zero-order valence-corrected chi connectivity index (χ0v) is 11.6. The van der Waals surface area contributed by atoms with Gasteiger partial charge in [0.25, 0.3) is 0 Å². The smallest absolute Gasteiger partial charge is 0.0833 e. The molecule has 0 spiro atoms. The maximum absolute atomic E-state index is 10.0. The van der Waals surface area contributed by atoms with Crippen LogP contribution in [0.2, 0.25) is 0 Å². The van der Waals surface area contributed by atoms with Gasteiger partial charge in [-0.15, -0.1) is 0 Å². The predicted molar refractivity (Wildman–Crippen MR) is 72.1 cm³/mol. The first-order chi connectivity index (χ1) is 7.53. The molecule has 0 radical (unpaired) electrons. The molecular weight excluding hydrogens is 220 g/mol. The third-order valence-corrected chi connectivity index (χ3v) is 4.00. The van der Waals surface area contributed by atoms with Crippen molar-refractivity contribution in [2.75, 3.05) is 25.1 Å². The van der Waals surface area contributed by atoms with E-state index in [9.17, 15) is 5.11 Å². The van der Waals surface area contributed by atoms with Crippen molar-refractivity contribution in [1.29, 1.82) is 0 Å². The molecule has 3 unspecified atom stereocenters. The van der Waals surface area contributed by atoms with E-state index in [-0.39, 0.29) is 0 Å². The summed E-state index contributed by atoms with van der Waals surface area (Å²) in [5.41, 5.74) is -0.587. The third kappa shape index (κ3) is 5.53. The van der Waals surface area contributed by atoms with Crippen molar-refractivity contribution >= 4 is 11.8 Å². The highest BCUT2D eigenvalue weighted by Gasteiger charge is 2.22. The lowest BCUT2D eigenvalue weighted by Crippen LogP contribution is -2.44. The number of aliphatic hydroxyl groups is 1. The standard InChI is InChI=1S/C12H26N2OS/c1-10(7-11-5-4-6-13-11)14-8-12(2,15)9-16-3/h10-11,13-15H,4-9H2,1-3H3. The van der Waals surface area contributed by atoms with Crippen molar-refractivity contribution < 1.29 is 5.11 Å². The Labute approximate surface area is 104 Å². The van der Waals surface area contributed by atoms with Crippen LogP contribution in [0.4, 0.5) is 0 Å². The van der Waals surface area contributed by atoms with Gasteiger partial charge in [-0.3, -0.25) is 0 Å². The lowest BCUT2D eigenvalue weighted by Gasteiger charge is -2.26. The van der Waals surface area contributed by atoms with Crippen LogP contribution in [0.3, 0.4) is 0 Å². The molecule has 1 aliphatic rings. The Kier molecular flexibility index (Phi) is 6.11. The van der Waals surface area contributed by atoms with Gasteiger partial charge in [0.1, 0.15) is 0 Å². The minimum Gasteiger partial charge on any atom is -0.388 e. The maximum atomic E-state index is 10.0. The summed E-state index contributed by atoms with van der Waals surface area (Å²) in [5.74, 6) is 0.786. The van der Waals surface area contributed by atoms with Crippen LogP contribution in [-0.4, -0.2) is 47.9 Å². The van der Waals surface area contributed by atoms with Gasteiger partial charge in [-0.05, 0) is 45.9 Å². The normalized spacial score (nSPS) is 26.6. The molecule has 0 aromatic rings. The van der Waals surface area contributed by atoms with Gasteiger partial charge >= 0.3 is 0 Å². The Morgan fingerprint density at radius 1 is 1.62 bits per heavy atom. The van der Waals surface area contributed by atoms with E-state index in [0.29, 0.717) is 18.6 Å². The summed E-state index contributed by atoms with van der Waals surface area (Å²) in [4.78, 5) is 0. The Bertz CT molecular complexity index is 193. The third-order valence-electron chi connectivity index (χ3n) is 3.09. The lowest BCUT2D eigenvalue weighted by molar-refractivity contribution is 0.0813. The first kappa shape index (κ1) is 14.3. The molecule has 96 valence electrons. The van der Waals surface area contributed by atoms with Gasteiger partial charge < -0.3 is 15.7 Å². The quantitative estimate of drug-likeness (QED) is 0.632. The van der Waals surface area contributed by atoms with Crippen molar-refractivity contribution in [2.45, 2.75) is 50.8 Å². The summed E-state index contributed by atoms with van der Waals surface area (Å²) in [6.07, 6.45) is 5.80. The summed E-state index contributed by atoms with van der Waals surface area (Å²) in [6.45, 7) is 5.95. The van der Waals surface area contributed by atoms with E-state index in [2.05, 4.69) is 17.6 Å². The fraction of sp³-hybridized carbons (Fsp3) is 1.00. The lowest BCUT2D eigenvalue weighted by atomic mass is 10.1. The fourth-order valence-electron chi connectivity index (χ4n) is 2.22. The Morgan fingerprint density at radius 3 is 2.94 bits per heavy atom. The van der Waals surface area contributed by atoms with Crippen LogP contribution >= 0.6 is 11.8 Å². The predicted octanol–water partition coefficient (Wildman–Crippen LogP) is 1.22. The zero-order chi connectivity index (χ0) is 12.0. The number of hydrogen-bond acceptors (Lipinski definition) is 4. The molecule has 1 saturated heterocycles.